The van der Waals surface area contributed by atoms with Crippen LogP contribution in [0.1, 0.15) is 131 Å². The smallest absolute Gasteiger partial charge is 0.273 e. The van der Waals surface area contributed by atoms with E-state index in [-0.39, 0.29) is 85.3 Å². The molecule has 5 aromatic rings. The maximum absolute atomic E-state index is 14.8. The topological polar surface area (TPSA) is 266 Å². The van der Waals surface area contributed by atoms with Crippen molar-refractivity contribution < 1.29 is 52.7 Å². The molecule has 7 N–H and O–H groups in total. The van der Waals surface area contributed by atoms with Gasteiger partial charge in [-0.25, -0.2) is 9.37 Å². The number of halogens is 1. The number of carbonyl (C=O) groups is 7. The zero-order valence-electron chi connectivity index (χ0n) is 43.3. The number of hydrogen-bond donors (Lipinski definition) is 7. The summed E-state index contributed by atoms with van der Waals surface area (Å²) in [4.78, 5) is 102. The Morgan fingerprint density at radius 3 is 2.29 bits per heavy atom. The largest absolute Gasteiger partial charge is 0.507 e. The van der Waals surface area contributed by atoms with Gasteiger partial charge in [0.05, 0.1) is 46.3 Å². The number of β-amino-alcohol motifs (C(OH)–C–C–N with tert-alkyl or cyclic N) is 1. The summed E-state index contributed by atoms with van der Waals surface area (Å²) in [5.74, 6) is -3.63. The minimum atomic E-state index is -2.03. The molecule has 1 aliphatic heterocycles. The summed E-state index contributed by atoms with van der Waals surface area (Å²) < 4.78 is 20.2. The molecule has 0 radical (unpaired) electrons. The van der Waals surface area contributed by atoms with Crippen molar-refractivity contribution in [2.45, 2.75) is 115 Å². The van der Waals surface area contributed by atoms with E-state index in [4.69, 9.17) is 4.52 Å². The molecular formula is C55H64FN9O10S. The number of fused-ring (bicyclic) bond motifs is 1. The van der Waals surface area contributed by atoms with Crippen molar-refractivity contribution in [1.29, 1.82) is 0 Å². The maximum Gasteiger partial charge on any atom is 0.273 e. The second-order valence-electron chi connectivity index (χ2n) is 21.1. The molecule has 2 aromatic heterocycles. The number of aromatic hydroxyl groups is 1. The highest BCUT2D eigenvalue weighted by molar-refractivity contribution is 7.13. The second-order valence-corrected chi connectivity index (χ2v) is 21.9. The monoisotopic (exact) mass is 1060 g/mol. The van der Waals surface area contributed by atoms with Crippen LogP contribution in [-0.4, -0.2) is 129 Å². The molecule has 1 saturated carbocycles. The molecule has 2 aliphatic carbocycles. The van der Waals surface area contributed by atoms with Gasteiger partial charge in [0.25, 0.3) is 23.6 Å². The Balaban J connectivity index is 0.838. The minimum Gasteiger partial charge on any atom is -0.507 e. The first-order valence-electron chi connectivity index (χ1n) is 25.4. The lowest BCUT2D eigenvalue weighted by atomic mass is 9.85. The number of phenolic OH excluding ortho intramolecular Hbond substituents is 1. The number of aromatic nitrogens is 2. The SMILES string of the molecule is Cc1ncsc1-c1ccc(C(CC(=O)NCCCCNC(=O)c2ccc3c(c2)[C@H](NC(=O)c2cc(-c4ccc(C(=O)N(C)C)c(O)c4)on2)CC3)NC(=O)[C@@H]2C[C@@H](O)CN2C(=O)C(NC(=O)C2(F)CC2)C(C)(C)C)cc1. The van der Waals surface area contributed by atoms with Gasteiger partial charge in [0.2, 0.25) is 17.7 Å². The van der Waals surface area contributed by atoms with E-state index in [0.29, 0.717) is 48.9 Å². The number of unbranched alkanes of at least 4 members (excludes halogenated alkanes) is 1. The molecule has 7 amide bonds. The third kappa shape index (κ3) is 12.6. The average Bonchev–Trinajstić information content (AvgIpc) is 3.85. The van der Waals surface area contributed by atoms with Gasteiger partial charge in [-0.2, -0.15) is 0 Å². The number of nitrogens with zero attached hydrogens (tertiary/aromatic N) is 4. The first-order chi connectivity index (χ1) is 36.1. The molecular weight excluding hydrogens is 998 g/mol. The standard InChI is InChI=1S/C55H64FN9O10S/c1-30-46(76-29-59-30)33-12-10-32(11-13-33)40(61-50(71)42-25-36(66)28-65(42)52(73)47(54(2,3)4)62-53(74)55(56)19-20-55)27-45(68)57-21-7-8-22-58-48(69)35-14-9-31-16-18-39(38(31)23-35)60-49(70)41-26-44(75-63-41)34-15-17-37(43(67)24-34)51(72)64(5)6/h9-15,17,23-24,26,29,36,39-40,42,47,66-67H,7-8,16,18-22,25,27-28H2,1-6H3,(H,57,68)(H,58,69)(H,60,70)(H,61,71)(H,62,74)/t36-,39-,40?,42+,47?/m1/s1. The molecule has 2 fully saturated rings. The fourth-order valence-corrected chi connectivity index (χ4v) is 10.3. The molecule has 5 atom stereocenters. The highest BCUT2D eigenvalue weighted by Crippen LogP contribution is 2.41. The predicted octanol–water partition coefficient (Wildman–Crippen LogP) is 5.47. The van der Waals surface area contributed by atoms with Gasteiger partial charge in [0.15, 0.2) is 17.1 Å². The summed E-state index contributed by atoms with van der Waals surface area (Å²) in [6.07, 6.45) is 1.19. The van der Waals surface area contributed by atoms with Crippen molar-refractivity contribution in [3.63, 3.8) is 0 Å². The van der Waals surface area contributed by atoms with Crippen LogP contribution in [0.25, 0.3) is 21.8 Å². The normalized spacial score (nSPS) is 18.2. The van der Waals surface area contributed by atoms with Crippen LogP contribution in [0.15, 0.2) is 76.8 Å². The van der Waals surface area contributed by atoms with E-state index in [2.05, 4.69) is 36.7 Å². The Labute approximate surface area is 443 Å². The highest BCUT2D eigenvalue weighted by atomic mass is 32.1. The summed E-state index contributed by atoms with van der Waals surface area (Å²) in [5, 5.41) is 39.5. The number of nitrogens with one attached hydrogen (secondary N) is 5. The Morgan fingerprint density at radius 2 is 1.63 bits per heavy atom. The molecule has 76 heavy (non-hydrogen) atoms. The van der Waals surface area contributed by atoms with E-state index < -0.39 is 58.9 Å². The van der Waals surface area contributed by atoms with Gasteiger partial charge in [-0.3, -0.25) is 33.6 Å². The van der Waals surface area contributed by atoms with Gasteiger partial charge in [-0.1, -0.05) is 62.3 Å². The number of thiazole rings is 1. The van der Waals surface area contributed by atoms with Gasteiger partial charge >= 0.3 is 0 Å². The fourth-order valence-electron chi connectivity index (χ4n) is 9.47. The molecule has 21 heteroatoms. The predicted molar refractivity (Wildman–Crippen MR) is 280 cm³/mol. The zero-order valence-corrected chi connectivity index (χ0v) is 44.1. The van der Waals surface area contributed by atoms with Crippen LogP contribution in [0, 0.1) is 12.3 Å². The van der Waals surface area contributed by atoms with E-state index in [1.807, 2.05) is 37.3 Å². The van der Waals surface area contributed by atoms with Crippen molar-refractivity contribution in [1.82, 2.24) is 46.5 Å². The van der Waals surface area contributed by atoms with E-state index in [0.717, 1.165) is 27.3 Å². The summed E-state index contributed by atoms with van der Waals surface area (Å²) >= 11 is 1.49. The van der Waals surface area contributed by atoms with Crippen LogP contribution in [0.2, 0.25) is 0 Å². The molecule has 3 heterocycles. The Kier molecular flexibility index (Phi) is 16.4. The summed E-state index contributed by atoms with van der Waals surface area (Å²) in [7, 11) is 3.15. The fraction of sp³-hybridized carbons (Fsp3) is 0.436. The summed E-state index contributed by atoms with van der Waals surface area (Å²) in [6, 6.07) is 15.1. The third-order valence-electron chi connectivity index (χ3n) is 14.0. The molecule has 2 unspecified atom stereocenters. The third-order valence-corrected chi connectivity index (χ3v) is 15.0. The van der Waals surface area contributed by atoms with Gasteiger partial charge in [0.1, 0.15) is 17.8 Å². The summed E-state index contributed by atoms with van der Waals surface area (Å²) in [5.41, 5.74) is 4.05. The Bertz CT molecular complexity index is 3020. The van der Waals surface area contributed by atoms with Crippen molar-refractivity contribution in [3.05, 3.63) is 111 Å². The average molecular weight is 1060 g/mol. The van der Waals surface area contributed by atoms with Crippen molar-refractivity contribution in [2.24, 2.45) is 5.41 Å². The van der Waals surface area contributed by atoms with Gasteiger partial charge < -0.3 is 51.1 Å². The van der Waals surface area contributed by atoms with Crippen LogP contribution in [0.4, 0.5) is 4.39 Å². The van der Waals surface area contributed by atoms with E-state index in [9.17, 15) is 48.2 Å². The first-order valence-corrected chi connectivity index (χ1v) is 26.3. The lowest BCUT2D eigenvalue weighted by Gasteiger charge is -2.36. The van der Waals surface area contributed by atoms with Crippen molar-refractivity contribution in [3.8, 4) is 27.5 Å². The molecule has 402 valence electrons. The van der Waals surface area contributed by atoms with Crippen LogP contribution in [0.5, 0.6) is 5.75 Å². The molecule has 0 bridgehead atoms. The molecule has 3 aliphatic rings. The molecule has 0 spiro atoms. The highest BCUT2D eigenvalue weighted by Gasteiger charge is 2.53. The molecule has 8 rings (SSSR count). The van der Waals surface area contributed by atoms with Crippen LogP contribution >= 0.6 is 11.3 Å². The molecule has 3 aromatic carbocycles. The van der Waals surface area contributed by atoms with Gasteiger partial charge in [-0.15, -0.1) is 11.3 Å². The summed E-state index contributed by atoms with van der Waals surface area (Å²) in [6.45, 7) is 7.49. The number of aryl methyl sites for hydroxylation is 2. The number of carbonyl (C=O) groups excluding carboxylic acids is 7. The number of alkyl halides is 1. The number of likely N-dealkylation sites (tertiary alicyclic amines) is 1. The lowest BCUT2D eigenvalue weighted by molar-refractivity contribution is -0.145. The lowest BCUT2D eigenvalue weighted by Crippen LogP contribution is -2.59. The molecule has 1 saturated heterocycles. The van der Waals surface area contributed by atoms with E-state index in [1.54, 1.807) is 58.6 Å². The number of rotatable bonds is 19. The Hall–Kier alpha value is -7.52. The van der Waals surface area contributed by atoms with Crippen molar-refractivity contribution in [2.75, 3.05) is 33.7 Å². The zero-order chi connectivity index (χ0) is 54.6. The van der Waals surface area contributed by atoms with E-state index in [1.165, 1.54) is 39.3 Å². The Morgan fingerprint density at radius 1 is 0.921 bits per heavy atom. The van der Waals surface area contributed by atoms with Gasteiger partial charge in [-0.05, 0) is 97.4 Å². The number of hydrogen-bond acceptors (Lipinski definition) is 13. The number of amides is 7. The van der Waals surface area contributed by atoms with Crippen molar-refractivity contribution >= 4 is 52.7 Å². The van der Waals surface area contributed by atoms with Crippen LogP contribution < -0.4 is 26.6 Å². The quantitative estimate of drug-likeness (QED) is 0.0508. The van der Waals surface area contributed by atoms with Crippen LogP contribution in [0.3, 0.4) is 0 Å². The number of aliphatic hydroxyl groups is 1. The maximum atomic E-state index is 14.8. The molecule has 19 nitrogen and oxygen atoms in total. The second kappa shape index (κ2) is 22.8. The number of phenols is 1. The minimum absolute atomic E-state index is 0.0196. The van der Waals surface area contributed by atoms with Gasteiger partial charge in [0, 0.05) is 57.3 Å². The van der Waals surface area contributed by atoms with E-state index >= 15 is 0 Å². The van der Waals surface area contributed by atoms with Crippen LogP contribution in [-0.2, 0) is 25.6 Å². The number of benzene rings is 3. The first kappa shape index (κ1) is 54.7. The number of aliphatic hydroxyl groups excluding tert-OH is 1.